The van der Waals surface area contributed by atoms with E-state index in [9.17, 15) is 0 Å². The number of aryl methyl sites for hydroxylation is 2. The molecule has 1 aromatic carbocycles. The summed E-state index contributed by atoms with van der Waals surface area (Å²) in [5.41, 5.74) is 9.03. The van der Waals surface area contributed by atoms with Gasteiger partial charge in [0.15, 0.2) is 5.84 Å². The molecule has 0 aliphatic carbocycles. The summed E-state index contributed by atoms with van der Waals surface area (Å²) in [4.78, 5) is 8.66. The molecule has 2 rings (SSSR count). The molecule has 0 unspecified atom stereocenters. The van der Waals surface area contributed by atoms with Crippen LogP contribution in [0.2, 0.25) is 0 Å². The van der Waals surface area contributed by atoms with Gasteiger partial charge in [-0.25, -0.2) is 4.98 Å². The zero-order valence-electron chi connectivity index (χ0n) is 13.2. The van der Waals surface area contributed by atoms with E-state index in [4.69, 9.17) is 15.7 Å². The van der Waals surface area contributed by atoms with Crippen LogP contribution in [0.25, 0.3) is 0 Å². The molecule has 1 heterocycles. The minimum atomic E-state index is -0.172. The third kappa shape index (κ3) is 3.33. The van der Waals surface area contributed by atoms with Gasteiger partial charge in [0.05, 0.1) is 0 Å². The Bertz CT molecular complexity index is 696. The van der Waals surface area contributed by atoms with Crippen molar-refractivity contribution in [3.05, 3.63) is 52.5 Å². The summed E-state index contributed by atoms with van der Waals surface area (Å²) in [5.74, 6) is 1.36. The number of nitrogens with zero attached hydrogens (tertiary/aromatic N) is 3. The summed E-state index contributed by atoms with van der Waals surface area (Å²) in [6.45, 7) is 7.67. The maximum Gasteiger partial charge on any atom is 0.220 e. The van der Waals surface area contributed by atoms with Gasteiger partial charge in [-0.1, -0.05) is 29.4 Å². The van der Waals surface area contributed by atoms with Gasteiger partial charge in [0.25, 0.3) is 0 Å². The first-order valence-electron chi connectivity index (χ1n) is 6.98. The van der Waals surface area contributed by atoms with Crippen molar-refractivity contribution in [2.75, 3.05) is 0 Å². The number of oxime groups is 1. The van der Waals surface area contributed by atoms with E-state index < -0.39 is 0 Å². The predicted molar refractivity (Wildman–Crippen MR) is 84.2 cm³/mol. The van der Waals surface area contributed by atoms with Gasteiger partial charge in [-0.2, -0.15) is 4.98 Å². The van der Waals surface area contributed by atoms with E-state index in [0.717, 1.165) is 16.8 Å². The Hall–Kier alpha value is -2.63. The summed E-state index contributed by atoms with van der Waals surface area (Å²) in [6, 6.07) is 7.34. The molecule has 0 fully saturated rings. The SMILES string of the molecule is Cc1nc(C)c(C)c(O[C@@H](C)c2ccc(/C(N)=N/O)cc2)n1. The number of ether oxygens (including phenoxy) is 1. The molecule has 6 nitrogen and oxygen atoms in total. The Balaban J connectivity index is 2.21. The molecule has 116 valence electrons. The van der Waals surface area contributed by atoms with Crippen LogP contribution in [-0.4, -0.2) is 21.0 Å². The van der Waals surface area contributed by atoms with Crippen LogP contribution in [0.5, 0.6) is 5.88 Å². The molecule has 0 aliphatic rings. The van der Waals surface area contributed by atoms with Gasteiger partial charge in [-0.3, -0.25) is 0 Å². The number of aromatic nitrogens is 2. The quantitative estimate of drug-likeness (QED) is 0.392. The van der Waals surface area contributed by atoms with E-state index in [2.05, 4.69) is 15.1 Å². The van der Waals surface area contributed by atoms with E-state index in [1.807, 2.05) is 39.8 Å². The molecule has 2 aromatic rings. The molecule has 0 aliphatic heterocycles. The van der Waals surface area contributed by atoms with Gasteiger partial charge in [-0.15, -0.1) is 0 Å². The monoisotopic (exact) mass is 300 g/mol. The lowest BCUT2D eigenvalue weighted by atomic mass is 10.1. The molecule has 0 radical (unpaired) electrons. The number of benzene rings is 1. The molecule has 6 heteroatoms. The van der Waals surface area contributed by atoms with Gasteiger partial charge >= 0.3 is 0 Å². The Labute approximate surface area is 129 Å². The molecular weight excluding hydrogens is 280 g/mol. The topological polar surface area (TPSA) is 93.6 Å². The highest BCUT2D eigenvalue weighted by atomic mass is 16.5. The lowest BCUT2D eigenvalue weighted by Crippen LogP contribution is -2.13. The zero-order chi connectivity index (χ0) is 16.3. The Morgan fingerprint density at radius 2 is 1.82 bits per heavy atom. The zero-order valence-corrected chi connectivity index (χ0v) is 13.2. The van der Waals surface area contributed by atoms with Crippen LogP contribution in [-0.2, 0) is 0 Å². The van der Waals surface area contributed by atoms with Gasteiger partial charge < -0.3 is 15.7 Å². The van der Waals surface area contributed by atoms with Crippen LogP contribution in [0.15, 0.2) is 29.4 Å². The number of amidine groups is 1. The third-order valence-corrected chi connectivity index (χ3v) is 3.53. The average molecular weight is 300 g/mol. The van der Waals surface area contributed by atoms with Gasteiger partial charge in [0, 0.05) is 16.8 Å². The first kappa shape index (κ1) is 15.8. The number of rotatable bonds is 4. The Kier molecular flexibility index (Phi) is 4.60. The van der Waals surface area contributed by atoms with E-state index >= 15 is 0 Å². The second-order valence-corrected chi connectivity index (χ2v) is 5.15. The van der Waals surface area contributed by atoms with E-state index in [1.54, 1.807) is 12.1 Å². The van der Waals surface area contributed by atoms with Crippen molar-refractivity contribution in [1.82, 2.24) is 9.97 Å². The van der Waals surface area contributed by atoms with Gasteiger partial charge in [0.1, 0.15) is 11.9 Å². The molecule has 3 N–H and O–H groups in total. The van der Waals surface area contributed by atoms with Crippen LogP contribution in [0.4, 0.5) is 0 Å². The summed E-state index contributed by atoms with van der Waals surface area (Å²) in [5, 5.41) is 11.6. The Morgan fingerprint density at radius 3 is 2.41 bits per heavy atom. The van der Waals surface area contributed by atoms with Crippen molar-refractivity contribution < 1.29 is 9.94 Å². The minimum absolute atomic E-state index is 0.0815. The smallest absolute Gasteiger partial charge is 0.220 e. The average Bonchev–Trinajstić information content (AvgIpc) is 2.51. The second-order valence-electron chi connectivity index (χ2n) is 5.15. The number of nitrogens with two attached hydrogens (primary N) is 1. The minimum Gasteiger partial charge on any atom is -0.469 e. The maximum atomic E-state index is 8.67. The van der Waals surface area contributed by atoms with Crippen LogP contribution in [0, 0.1) is 20.8 Å². The molecular formula is C16H20N4O2. The van der Waals surface area contributed by atoms with Crippen molar-refractivity contribution in [1.29, 1.82) is 0 Å². The number of hydrogen-bond donors (Lipinski definition) is 2. The lowest BCUT2D eigenvalue weighted by molar-refractivity contribution is 0.214. The second kappa shape index (κ2) is 6.43. The summed E-state index contributed by atoms with van der Waals surface area (Å²) >= 11 is 0. The molecule has 1 atom stereocenters. The van der Waals surface area contributed by atoms with Crippen LogP contribution in [0.1, 0.15) is 41.2 Å². The van der Waals surface area contributed by atoms with Crippen LogP contribution < -0.4 is 10.5 Å². The van der Waals surface area contributed by atoms with E-state index in [1.165, 1.54) is 0 Å². The largest absolute Gasteiger partial charge is 0.469 e. The summed E-state index contributed by atoms with van der Waals surface area (Å²) in [6.07, 6.45) is -0.172. The van der Waals surface area contributed by atoms with E-state index in [-0.39, 0.29) is 11.9 Å². The fourth-order valence-electron chi connectivity index (χ4n) is 2.07. The first-order valence-corrected chi connectivity index (χ1v) is 6.98. The van der Waals surface area contributed by atoms with Crippen LogP contribution >= 0.6 is 0 Å². The van der Waals surface area contributed by atoms with Crippen molar-refractivity contribution in [2.45, 2.75) is 33.8 Å². The van der Waals surface area contributed by atoms with Crippen molar-refractivity contribution in [2.24, 2.45) is 10.9 Å². The van der Waals surface area contributed by atoms with Gasteiger partial charge in [0.2, 0.25) is 5.88 Å². The van der Waals surface area contributed by atoms with Gasteiger partial charge in [-0.05, 0) is 33.3 Å². The highest BCUT2D eigenvalue weighted by molar-refractivity contribution is 5.96. The molecule has 1 aromatic heterocycles. The fourth-order valence-corrected chi connectivity index (χ4v) is 2.07. The highest BCUT2D eigenvalue weighted by Crippen LogP contribution is 2.24. The normalized spacial score (nSPS) is 13.0. The van der Waals surface area contributed by atoms with Crippen LogP contribution in [0.3, 0.4) is 0 Å². The molecule has 0 saturated heterocycles. The third-order valence-electron chi connectivity index (χ3n) is 3.53. The fraction of sp³-hybridized carbons (Fsp3) is 0.312. The first-order chi connectivity index (χ1) is 10.4. The molecule has 0 amide bonds. The van der Waals surface area contributed by atoms with Crippen molar-refractivity contribution in [3.63, 3.8) is 0 Å². The van der Waals surface area contributed by atoms with Crippen molar-refractivity contribution in [3.8, 4) is 5.88 Å². The predicted octanol–water partition coefficient (Wildman–Crippen LogP) is 2.64. The lowest BCUT2D eigenvalue weighted by Gasteiger charge is -2.17. The Morgan fingerprint density at radius 1 is 1.18 bits per heavy atom. The summed E-state index contributed by atoms with van der Waals surface area (Å²) < 4.78 is 5.96. The highest BCUT2D eigenvalue weighted by Gasteiger charge is 2.13. The van der Waals surface area contributed by atoms with E-state index in [0.29, 0.717) is 17.3 Å². The standard InChI is InChI=1S/C16H20N4O2/c1-9-10(2)18-12(4)19-16(9)22-11(3)13-5-7-14(8-6-13)15(17)20-21/h5-8,11,21H,1-4H3,(H2,17,20)/t11-/m0/s1. The molecule has 0 spiro atoms. The molecule has 0 saturated carbocycles. The summed E-state index contributed by atoms with van der Waals surface area (Å²) in [7, 11) is 0. The van der Waals surface area contributed by atoms with Crippen molar-refractivity contribution >= 4 is 5.84 Å². The number of hydrogen-bond acceptors (Lipinski definition) is 5. The maximum absolute atomic E-state index is 8.67. The molecule has 22 heavy (non-hydrogen) atoms. The molecule has 0 bridgehead atoms.